The van der Waals surface area contributed by atoms with Crippen molar-refractivity contribution in [3.63, 3.8) is 0 Å². The Hall–Kier alpha value is -2.25. The maximum absolute atomic E-state index is 13.5. The minimum atomic E-state index is -0.964. The summed E-state index contributed by atoms with van der Waals surface area (Å²) in [5, 5.41) is 0.658. The fourth-order valence-corrected chi connectivity index (χ4v) is 2.81. The number of thioether (sulfide) groups is 1. The molecule has 0 radical (unpaired) electrons. The van der Waals surface area contributed by atoms with Gasteiger partial charge in [-0.2, -0.15) is 0 Å². The minimum absolute atomic E-state index is 0.0278. The number of hydrazine groups is 1. The molecule has 138 valence electrons. The molecule has 1 atom stereocenters. The Morgan fingerprint density at radius 1 is 1.15 bits per heavy atom. The van der Waals surface area contributed by atoms with Crippen LogP contribution in [-0.4, -0.2) is 23.7 Å². The highest BCUT2D eigenvalue weighted by molar-refractivity contribution is 7.99. The largest absolute Gasteiger partial charge is 0.478 e. The van der Waals surface area contributed by atoms with Gasteiger partial charge in [-0.3, -0.25) is 20.4 Å². The molecule has 0 saturated heterocycles. The first-order chi connectivity index (χ1) is 12.5. The van der Waals surface area contributed by atoms with Gasteiger partial charge in [0.25, 0.3) is 5.91 Å². The van der Waals surface area contributed by atoms with Gasteiger partial charge in [-0.05, 0) is 36.8 Å². The van der Waals surface area contributed by atoms with Gasteiger partial charge in [0.15, 0.2) is 17.7 Å². The Morgan fingerprint density at radius 2 is 1.85 bits per heavy atom. The van der Waals surface area contributed by atoms with Gasteiger partial charge in [-0.25, -0.2) is 4.39 Å². The number of carbonyl (C=O) groups is 2. The highest BCUT2D eigenvalue weighted by Gasteiger charge is 2.17. The molecule has 0 aromatic heterocycles. The Labute approximate surface area is 160 Å². The van der Waals surface area contributed by atoms with Gasteiger partial charge in [-0.15, -0.1) is 11.8 Å². The van der Waals surface area contributed by atoms with Crippen molar-refractivity contribution in [1.82, 2.24) is 10.9 Å². The maximum atomic E-state index is 13.5. The summed E-state index contributed by atoms with van der Waals surface area (Å²) >= 11 is 7.21. The molecular formula is C18H18ClFN2O3S. The lowest BCUT2D eigenvalue weighted by molar-refractivity contribution is -0.132. The fourth-order valence-electron chi connectivity index (χ4n) is 1.90. The van der Waals surface area contributed by atoms with Crippen LogP contribution in [0.5, 0.6) is 5.75 Å². The van der Waals surface area contributed by atoms with Crippen LogP contribution < -0.4 is 15.6 Å². The van der Waals surface area contributed by atoms with Gasteiger partial charge in [0.2, 0.25) is 5.91 Å². The first-order valence-corrected chi connectivity index (χ1v) is 9.31. The van der Waals surface area contributed by atoms with E-state index in [0.29, 0.717) is 10.8 Å². The highest BCUT2D eigenvalue weighted by Crippen LogP contribution is 2.17. The number of para-hydroxylation sites is 1. The number of benzene rings is 2. The zero-order valence-corrected chi connectivity index (χ0v) is 15.6. The quantitative estimate of drug-likeness (QED) is 0.704. The molecule has 2 aromatic rings. The standard InChI is InChI=1S/C18H18ClFN2O3S/c1-12(25-16-5-3-2-4-15(16)20)18(24)22-21-17(23)11-26-10-13-6-8-14(19)9-7-13/h2-9,12H,10-11H2,1H3,(H,21,23)(H,22,24). The summed E-state index contributed by atoms with van der Waals surface area (Å²) in [6.07, 6.45) is -0.964. The van der Waals surface area contributed by atoms with Crippen LogP contribution in [-0.2, 0) is 15.3 Å². The number of carbonyl (C=O) groups excluding carboxylic acids is 2. The number of amides is 2. The molecular weight excluding hydrogens is 379 g/mol. The molecule has 1 unspecified atom stereocenters. The van der Waals surface area contributed by atoms with Crippen LogP contribution in [0.1, 0.15) is 12.5 Å². The maximum Gasteiger partial charge on any atom is 0.279 e. The number of rotatable bonds is 7. The van der Waals surface area contributed by atoms with Crippen LogP contribution in [0.15, 0.2) is 48.5 Å². The van der Waals surface area contributed by atoms with E-state index in [4.69, 9.17) is 16.3 Å². The zero-order chi connectivity index (χ0) is 18.9. The molecule has 0 aliphatic heterocycles. The van der Waals surface area contributed by atoms with E-state index in [1.54, 1.807) is 18.2 Å². The second-order valence-electron chi connectivity index (χ2n) is 5.35. The van der Waals surface area contributed by atoms with Crippen molar-refractivity contribution in [2.24, 2.45) is 0 Å². The molecule has 2 aromatic carbocycles. The summed E-state index contributed by atoms with van der Waals surface area (Å²) in [4.78, 5) is 23.7. The molecule has 0 aliphatic carbocycles. The number of hydrogen-bond donors (Lipinski definition) is 2. The van der Waals surface area contributed by atoms with Crippen LogP contribution in [0, 0.1) is 5.82 Å². The monoisotopic (exact) mass is 396 g/mol. The Balaban J connectivity index is 1.68. The molecule has 0 spiro atoms. The SMILES string of the molecule is CC(Oc1ccccc1F)C(=O)NNC(=O)CSCc1ccc(Cl)cc1. The summed E-state index contributed by atoms with van der Waals surface area (Å²) in [6.45, 7) is 1.46. The molecule has 0 saturated carbocycles. The molecule has 2 amide bonds. The average Bonchev–Trinajstić information content (AvgIpc) is 2.63. The van der Waals surface area contributed by atoms with E-state index in [1.165, 1.54) is 36.9 Å². The van der Waals surface area contributed by atoms with Gasteiger partial charge < -0.3 is 4.74 Å². The van der Waals surface area contributed by atoms with Crippen molar-refractivity contribution < 1.29 is 18.7 Å². The lowest BCUT2D eigenvalue weighted by Crippen LogP contribution is -2.47. The van der Waals surface area contributed by atoms with Gasteiger partial charge in [0.1, 0.15) is 0 Å². The summed E-state index contributed by atoms with van der Waals surface area (Å²) in [6, 6.07) is 13.1. The van der Waals surface area contributed by atoms with E-state index >= 15 is 0 Å². The molecule has 26 heavy (non-hydrogen) atoms. The predicted molar refractivity (Wildman–Crippen MR) is 100 cm³/mol. The van der Waals surface area contributed by atoms with Gasteiger partial charge in [0.05, 0.1) is 5.75 Å². The van der Waals surface area contributed by atoms with Crippen molar-refractivity contribution in [1.29, 1.82) is 0 Å². The number of hydrogen-bond acceptors (Lipinski definition) is 4. The van der Waals surface area contributed by atoms with Crippen molar-refractivity contribution >= 4 is 35.2 Å². The number of halogens is 2. The summed E-state index contributed by atoms with van der Waals surface area (Å²) in [5.74, 6) is -0.703. The van der Waals surface area contributed by atoms with Crippen molar-refractivity contribution in [2.45, 2.75) is 18.8 Å². The van der Waals surface area contributed by atoms with Crippen molar-refractivity contribution in [3.8, 4) is 5.75 Å². The Morgan fingerprint density at radius 3 is 2.54 bits per heavy atom. The molecule has 2 rings (SSSR count). The van der Waals surface area contributed by atoms with Crippen LogP contribution in [0.4, 0.5) is 4.39 Å². The number of ether oxygens (including phenoxy) is 1. The van der Waals surface area contributed by atoms with E-state index in [0.717, 1.165) is 5.56 Å². The molecule has 0 bridgehead atoms. The second kappa shape index (κ2) is 10.0. The zero-order valence-electron chi connectivity index (χ0n) is 14.0. The molecule has 0 aliphatic rings. The summed E-state index contributed by atoms with van der Waals surface area (Å²) in [7, 11) is 0. The Kier molecular flexibility index (Phi) is 7.74. The lowest BCUT2D eigenvalue weighted by atomic mass is 10.2. The smallest absolute Gasteiger partial charge is 0.279 e. The van der Waals surface area contributed by atoms with E-state index in [1.807, 2.05) is 12.1 Å². The van der Waals surface area contributed by atoms with Crippen LogP contribution >= 0.6 is 23.4 Å². The van der Waals surface area contributed by atoms with E-state index in [-0.39, 0.29) is 17.4 Å². The van der Waals surface area contributed by atoms with E-state index in [9.17, 15) is 14.0 Å². The molecule has 0 heterocycles. The van der Waals surface area contributed by atoms with E-state index < -0.39 is 17.8 Å². The van der Waals surface area contributed by atoms with Crippen LogP contribution in [0.3, 0.4) is 0 Å². The molecule has 0 fully saturated rings. The van der Waals surface area contributed by atoms with E-state index in [2.05, 4.69) is 10.9 Å². The van der Waals surface area contributed by atoms with Crippen molar-refractivity contribution in [2.75, 3.05) is 5.75 Å². The summed E-state index contributed by atoms with van der Waals surface area (Å²) in [5.41, 5.74) is 5.61. The minimum Gasteiger partial charge on any atom is -0.478 e. The molecule has 8 heteroatoms. The normalized spacial score (nSPS) is 11.5. The lowest BCUT2D eigenvalue weighted by Gasteiger charge is -2.15. The molecule has 5 nitrogen and oxygen atoms in total. The van der Waals surface area contributed by atoms with Crippen LogP contribution in [0.25, 0.3) is 0 Å². The third kappa shape index (κ3) is 6.57. The van der Waals surface area contributed by atoms with Crippen LogP contribution in [0.2, 0.25) is 5.02 Å². The van der Waals surface area contributed by atoms with Gasteiger partial charge >= 0.3 is 0 Å². The number of nitrogens with one attached hydrogen (secondary N) is 2. The topological polar surface area (TPSA) is 67.4 Å². The van der Waals surface area contributed by atoms with Gasteiger partial charge in [0, 0.05) is 10.8 Å². The third-order valence-corrected chi connectivity index (χ3v) is 4.51. The molecule has 2 N–H and O–H groups in total. The Bertz CT molecular complexity index is 758. The van der Waals surface area contributed by atoms with Gasteiger partial charge in [-0.1, -0.05) is 35.9 Å². The average molecular weight is 397 g/mol. The fraction of sp³-hybridized carbons (Fsp3) is 0.222. The predicted octanol–water partition coefficient (Wildman–Crippen LogP) is 3.33. The first-order valence-electron chi connectivity index (χ1n) is 7.78. The first kappa shape index (κ1) is 20.1. The highest BCUT2D eigenvalue weighted by atomic mass is 35.5. The van der Waals surface area contributed by atoms with Crippen molar-refractivity contribution in [3.05, 3.63) is 64.9 Å². The third-order valence-electron chi connectivity index (χ3n) is 3.25. The summed E-state index contributed by atoms with van der Waals surface area (Å²) < 4.78 is 18.7. The second-order valence-corrected chi connectivity index (χ2v) is 6.77.